The summed E-state index contributed by atoms with van der Waals surface area (Å²) in [6.45, 7) is 0.261. The molecule has 1 heterocycles. The first kappa shape index (κ1) is 20.4. The molecule has 0 aliphatic carbocycles. The third-order valence-corrected chi connectivity index (χ3v) is 4.60. The molecule has 0 spiro atoms. The van der Waals surface area contributed by atoms with Crippen molar-refractivity contribution in [1.82, 2.24) is 0 Å². The Bertz CT molecular complexity index is 1140. The number of amides is 1. The largest absolute Gasteiger partial charge is 1.00 e. The number of pyridine rings is 1. The van der Waals surface area contributed by atoms with E-state index in [1.54, 1.807) is 36.4 Å². The molecule has 0 fully saturated rings. The van der Waals surface area contributed by atoms with Crippen molar-refractivity contribution in [1.29, 1.82) is 0 Å². The molecule has 0 atom stereocenters. The smallest absolute Gasteiger partial charge is 0.255 e. The van der Waals surface area contributed by atoms with E-state index in [1.807, 2.05) is 65.4 Å². The summed E-state index contributed by atoms with van der Waals surface area (Å²) in [7, 11) is 0. The van der Waals surface area contributed by atoms with Gasteiger partial charge in [0.2, 0.25) is 17.8 Å². The van der Waals surface area contributed by atoms with Crippen molar-refractivity contribution < 1.29 is 31.1 Å². The number of hydrogen-bond acceptors (Lipinski definition) is 2. The zero-order valence-corrected chi connectivity index (χ0v) is 17.2. The molecule has 5 heteroatoms. The predicted octanol–water partition coefficient (Wildman–Crippen LogP) is 1.27. The molecule has 0 aliphatic heterocycles. The summed E-state index contributed by atoms with van der Waals surface area (Å²) in [6, 6.07) is 28.0. The lowest BCUT2D eigenvalue weighted by Gasteiger charge is -2.06. The highest BCUT2D eigenvalue weighted by molar-refractivity contribution is 6.04. The highest BCUT2D eigenvalue weighted by atomic mass is 79.9. The highest BCUT2D eigenvalue weighted by Crippen LogP contribution is 2.13. The summed E-state index contributed by atoms with van der Waals surface area (Å²) >= 11 is 0. The number of rotatable bonds is 5. The second-order valence-corrected chi connectivity index (χ2v) is 6.52. The molecule has 0 bridgehead atoms. The summed E-state index contributed by atoms with van der Waals surface area (Å²) in [6.07, 6.45) is 1.91. The summed E-state index contributed by atoms with van der Waals surface area (Å²) < 4.78 is 1.95. The first-order valence-electron chi connectivity index (χ1n) is 9.07. The molecule has 0 radical (unpaired) electrons. The SMILES string of the molecule is O=C(C[n+]1cccc2ccccc21)c1ccc(NC(=O)c2ccccc2)cc1.[Br-]. The standard InChI is InChI=1S/C24H18N2O2.BrH/c27-23(17-26-16-6-10-18-7-4-5-11-22(18)26)19-12-14-21(15-13-19)25-24(28)20-8-2-1-3-9-20;/h1-16H,17H2;1H. The average Bonchev–Trinajstić information content (AvgIpc) is 2.75. The molecule has 144 valence electrons. The van der Waals surface area contributed by atoms with E-state index in [4.69, 9.17) is 0 Å². The zero-order valence-electron chi connectivity index (χ0n) is 15.6. The van der Waals surface area contributed by atoms with Crippen molar-refractivity contribution in [2.75, 3.05) is 5.32 Å². The number of para-hydroxylation sites is 1. The topological polar surface area (TPSA) is 50.0 Å². The zero-order chi connectivity index (χ0) is 19.3. The molecule has 0 unspecified atom stereocenters. The number of benzene rings is 3. The first-order valence-corrected chi connectivity index (χ1v) is 9.07. The molecule has 1 amide bonds. The van der Waals surface area contributed by atoms with E-state index in [-0.39, 0.29) is 35.2 Å². The second kappa shape index (κ2) is 9.26. The van der Waals surface area contributed by atoms with E-state index in [0.717, 1.165) is 10.9 Å². The van der Waals surface area contributed by atoms with E-state index in [2.05, 4.69) is 5.32 Å². The minimum absolute atomic E-state index is 0. The van der Waals surface area contributed by atoms with Gasteiger partial charge < -0.3 is 22.3 Å². The molecule has 1 aromatic heterocycles. The molecular weight excluding hydrogens is 428 g/mol. The molecule has 0 saturated heterocycles. The molecule has 4 rings (SSSR count). The van der Waals surface area contributed by atoms with Crippen LogP contribution in [0.2, 0.25) is 0 Å². The number of ketones is 1. The van der Waals surface area contributed by atoms with E-state index in [1.165, 1.54) is 0 Å². The van der Waals surface area contributed by atoms with Crippen molar-refractivity contribution in [2.45, 2.75) is 6.54 Å². The Morgan fingerprint density at radius 2 is 1.38 bits per heavy atom. The summed E-state index contributed by atoms with van der Waals surface area (Å²) in [5.74, 6) is -0.159. The van der Waals surface area contributed by atoms with E-state index < -0.39 is 0 Å². The van der Waals surface area contributed by atoms with Gasteiger partial charge in [-0.3, -0.25) is 9.59 Å². The number of carbonyl (C=O) groups excluding carboxylic acids is 2. The lowest BCUT2D eigenvalue weighted by atomic mass is 10.1. The fraction of sp³-hybridized carbons (Fsp3) is 0.0417. The number of aromatic nitrogens is 1. The fourth-order valence-electron chi connectivity index (χ4n) is 3.14. The molecule has 4 nitrogen and oxygen atoms in total. The Labute approximate surface area is 179 Å². The average molecular weight is 447 g/mol. The van der Waals surface area contributed by atoms with Crippen LogP contribution in [0.4, 0.5) is 5.69 Å². The molecule has 0 aliphatic rings. The first-order chi connectivity index (χ1) is 13.7. The van der Waals surface area contributed by atoms with Gasteiger partial charge in [-0.1, -0.05) is 30.3 Å². The van der Waals surface area contributed by atoms with Gasteiger partial charge >= 0.3 is 0 Å². The number of Topliss-reactive ketones (excluding diaryl/α,β-unsaturated/α-hetero) is 1. The monoisotopic (exact) mass is 446 g/mol. The van der Waals surface area contributed by atoms with Gasteiger partial charge in [0, 0.05) is 34.3 Å². The van der Waals surface area contributed by atoms with Gasteiger partial charge in [-0.2, -0.15) is 4.57 Å². The van der Waals surface area contributed by atoms with Gasteiger partial charge in [0.15, 0.2) is 6.20 Å². The molecule has 0 saturated carbocycles. The van der Waals surface area contributed by atoms with Gasteiger partial charge in [0.05, 0.1) is 0 Å². The maximum Gasteiger partial charge on any atom is 0.255 e. The van der Waals surface area contributed by atoms with Crippen molar-refractivity contribution in [3.63, 3.8) is 0 Å². The van der Waals surface area contributed by atoms with Crippen LogP contribution in [0.5, 0.6) is 0 Å². The predicted molar refractivity (Wildman–Crippen MR) is 109 cm³/mol. The summed E-state index contributed by atoms with van der Waals surface area (Å²) in [5, 5.41) is 3.94. The number of fused-ring (bicyclic) bond motifs is 1. The Morgan fingerprint density at radius 3 is 2.14 bits per heavy atom. The van der Waals surface area contributed by atoms with Crippen molar-refractivity contribution in [3.05, 3.63) is 108 Å². The summed E-state index contributed by atoms with van der Waals surface area (Å²) in [4.78, 5) is 24.9. The van der Waals surface area contributed by atoms with E-state index in [0.29, 0.717) is 16.8 Å². The molecular formula is C24H19BrN2O2. The van der Waals surface area contributed by atoms with E-state index in [9.17, 15) is 9.59 Å². The summed E-state index contributed by atoms with van der Waals surface area (Å²) in [5.41, 5.74) is 2.88. The van der Waals surface area contributed by atoms with Crippen LogP contribution < -0.4 is 26.9 Å². The third-order valence-electron chi connectivity index (χ3n) is 4.60. The highest BCUT2D eigenvalue weighted by Gasteiger charge is 2.15. The number of hydrogen-bond donors (Lipinski definition) is 1. The van der Waals surface area contributed by atoms with Crippen LogP contribution in [0.1, 0.15) is 20.7 Å². The number of anilines is 1. The van der Waals surface area contributed by atoms with Gasteiger partial charge in [0.25, 0.3) is 5.91 Å². The quantitative estimate of drug-likeness (QED) is 0.370. The maximum atomic E-state index is 12.7. The normalized spacial score (nSPS) is 10.2. The maximum absolute atomic E-state index is 12.7. The number of carbonyl (C=O) groups is 2. The van der Waals surface area contributed by atoms with Crippen LogP contribution in [-0.2, 0) is 6.54 Å². The number of nitrogens with zero attached hydrogens (tertiary/aromatic N) is 1. The molecule has 3 aromatic carbocycles. The van der Waals surface area contributed by atoms with E-state index >= 15 is 0 Å². The third kappa shape index (κ3) is 4.76. The van der Waals surface area contributed by atoms with Crippen LogP contribution in [0.25, 0.3) is 10.9 Å². The van der Waals surface area contributed by atoms with Crippen LogP contribution in [-0.4, -0.2) is 11.7 Å². The Kier molecular flexibility index (Phi) is 6.52. The van der Waals surface area contributed by atoms with Gasteiger partial charge in [-0.15, -0.1) is 0 Å². The Balaban J connectivity index is 0.00000240. The molecule has 4 aromatic rings. The van der Waals surface area contributed by atoms with Gasteiger partial charge in [0.1, 0.15) is 0 Å². The van der Waals surface area contributed by atoms with Crippen molar-refractivity contribution >= 4 is 28.3 Å². The van der Waals surface area contributed by atoms with Crippen molar-refractivity contribution in [3.8, 4) is 0 Å². The van der Waals surface area contributed by atoms with Crippen LogP contribution >= 0.6 is 0 Å². The Morgan fingerprint density at radius 1 is 0.724 bits per heavy atom. The minimum atomic E-state index is -0.175. The molecule has 29 heavy (non-hydrogen) atoms. The molecule has 1 N–H and O–H groups in total. The van der Waals surface area contributed by atoms with Crippen molar-refractivity contribution in [2.24, 2.45) is 0 Å². The minimum Gasteiger partial charge on any atom is -1.00 e. The number of nitrogens with one attached hydrogen (secondary N) is 1. The lowest BCUT2D eigenvalue weighted by molar-refractivity contribution is -0.657. The lowest BCUT2D eigenvalue weighted by Crippen LogP contribution is -3.00. The van der Waals surface area contributed by atoms with Crippen LogP contribution in [0.3, 0.4) is 0 Å². The number of halogens is 1. The fourth-order valence-corrected chi connectivity index (χ4v) is 3.14. The second-order valence-electron chi connectivity index (χ2n) is 6.52. The van der Waals surface area contributed by atoms with Gasteiger partial charge in [-0.25, -0.2) is 0 Å². The van der Waals surface area contributed by atoms with Crippen LogP contribution in [0, 0.1) is 0 Å². The van der Waals surface area contributed by atoms with Crippen LogP contribution in [0.15, 0.2) is 97.2 Å². The Hall–Kier alpha value is -3.31. The van der Waals surface area contributed by atoms with Gasteiger partial charge in [-0.05, 0) is 48.5 Å².